The molecule has 0 aliphatic heterocycles. The van der Waals surface area contributed by atoms with E-state index in [2.05, 4.69) is 30.8 Å². The first-order valence-corrected chi connectivity index (χ1v) is 8.22. The van der Waals surface area contributed by atoms with Crippen molar-refractivity contribution in [3.8, 4) is 0 Å². The summed E-state index contributed by atoms with van der Waals surface area (Å²) in [5.41, 5.74) is 1.61. The lowest BCUT2D eigenvalue weighted by Crippen LogP contribution is -2.61. The van der Waals surface area contributed by atoms with Crippen molar-refractivity contribution < 1.29 is 4.74 Å². The van der Waals surface area contributed by atoms with Crippen molar-refractivity contribution in [3.05, 3.63) is 46.5 Å². The number of hydrogen-bond acceptors (Lipinski definition) is 4. The molecule has 2 atom stereocenters. The number of fused-ring (bicyclic) bond motifs is 1. The first-order valence-electron chi connectivity index (χ1n) is 8.22. The normalized spacial score (nSPS) is 23.2. The first kappa shape index (κ1) is 16.1. The highest BCUT2D eigenvalue weighted by atomic mass is 16.5. The van der Waals surface area contributed by atoms with E-state index in [9.17, 15) is 4.79 Å². The fourth-order valence-corrected chi connectivity index (χ4v) is 3.65. The summed E-state index contributed by atoms with van der Waals surface area (Å²) in [7, 11) is 2.10. The van der Waals surface area contributed by atoms with Crippen LogP contribution in [0.25, 0.3) is 5.65 Å². The van der Waals surface area contributed by atoms with Gasteiger partial charge in [0, 0.05) is 36.9 Å². The van der Waals surface area contributed by atoms with Gasteiger partial charge in [0.15, 0.2) is 0 Å². The summed E-state index contributed by atoms with van der Waals surface area (Å²) in [5.74, 6) is 0. The Morgan fingerprint density at radius 3 is 2.91 bits per heavy atom. The van der Waals surface area contributed by atoms with E-state index < -0.39 is 0 Å². The van der Waals surface area contributed by atoms with Gasteiger partial charge in [-0.25, -0.2) is 4.98 Å². The number of rotatable bonds is 5. The fraction of sp³-hybridized carbons (Fsp3) is 0.556. The predicted octanol–water partition coefficient (Wildman–Crippen LogP) is 2.33. The molecule has 2 aromatic heterocycles. The van der Waals surface area contributed by atoms with Crippen LogP contribution in [0.1, 0.15) is 32.9 Å². The molecule has 0 unspecified atom stereocenters. The number of ether oxygens (including phenoxy) is 1. The Hall–Kier alpha value is -1.72. The molecule has 0 amide bonds. The van der Waals surface area contributed by atoms with Gasteiger partial charge >= 0.3 is 0 Å². The van der Waals surface area contributed by atoms with E-state index >= 15 is 0 Å². The van der Waals surface area contributed by atoms with Gasteiger partial charge in [-0.2, -0.15) is 0 Å². The molecule has 2 heterocycles. The van der Waals surface area contributed by atoms with E-state index in [-0.39, 0.29) is 11.0 Å². The van der Waals surface area contributed by atoms with Crippen molar-refractivity contribution in [1.82, 2.24) is 14.3 Å². The van der Waals surface area contributed by atoms with Gasteiger partial charge in [-0.15, -0.1) is 0 Å². The van der Waals surface area contributed by atoms with Crippen molar-refractivity contribution in [2.75, 3.05) is 13.7 Å². The van der Waals surface area contributed by atoms with Crippen LogP contribution in [-0.2, 0) is 11.3 Å². The zero-order chi connectivity index (χ0) is 16.6. The summed E-state index contributed by atoms with van der Waals surface area (Å²) in [6, 6.07) is 7.68. The lowest BCUT2D eigenvalue weighted by molar-refractivity contribution is -0.146. The monoisotopic (exact) mass is 315 g/mol. The molecule has 124 valence electrons. The SMILES string of the molecule is CCO[C@H]1C[C@@H](N(C)Cc2cc(=O)n3ccccc3n2)C1(C)C. The van der Waals surface area contributed by atoms with Gasteiger partial charge < -0.3 is 4.74 Å². The van der Waals surface area contributed by atoms with E-state index in [4.69, 9.17) is 4.74 Å². The molecule has 1 fully saturated rings. The highest BCUT2D eigenvalue weighted by Crippen LogP contribution is 2.45. The predicted molar refractivity (Wildman–Crippen MR) is 90.5 cm³/mol. The van der Waals surface area contributed by atoms with Crippen LogP contribution in [0.4, 0.5) is 0 Å². The fourth-order valence-electron chi connectivity index (χ4n) is 3.65. The quantitative estimate of drug-likeness (QED) is 0.849. The van der Waals surface area contributed by atoms with Gasteiger partial charge in [-0.05, 0) is 32.5 Å². The number of nitrogens with zero attached hydrogens (tertiary/aromatic N) is 3. The molecular formula is C18H25N3O2. The number of aromatic nitrogens is 2. The van der Waals surface area contributed by atoms with Crippen LogP contribution in [0.15, 0.2) is 35.3 Å². The lowest BCUT2D eigenvalue weighted by Gasteiger charge is -2.55. The molecule has 5 nitrogen and oxygen atoms in total. The molecule has 0 aromatic carbocycles. The summed E-state index contributed by atoms with van der Waals surface area (Å²) in [6.07, 6.45) is 3.10. The number of pyridine rings is 1. The third-order valence-electron chi connectivity index (χ3n) is 5.06. The summed E-state index contributed by atoms with van der Waals surface area (Å²) in [4.78, 5) is 19.1. The standard InChI is InChI=1S/C18H25N3O2/c1-5-23-15-11-14(18(15,2)3)20(4)12-13-10-17(22)21-9-7-6-8-16(21)19-13/h6-10,14-15H,5,11-12H2,1-4H3/t14-,15+/m1/s1. The molecule has 2 aromatic rings. The Morgan fingerprint density at radius 2 is 2.22 bits per heavy atom. The molecule has 5 heteroatoms. The average molecular weight is 315 g/mol. The van der Waals surface area contributed by atoms with Crippen molar-refractivity contribution in [1.29, 1.82) is 0 Å². The van der Waals surface area contributed by atoms with Crippen LogP contribution < -0.4 is 5.56 Å². The van der Waals surface area contributed by atoms with Crippen LogP contribution in [0.2, 0.25) is 0 Å². The Bertz CT molecular complexity index is 753. The van der Waals surface area contributed by atoms with E-state index in [1.54, 1.807) is 16.7 Å². The van der Waals surface area contributed by atoms with Gasteiger partial charge in [-0.1, -0.05) is 19.9 Å². The molecule has 1 aliphatic carbocycles. The van der Waals surface area contributed by atoms with E-state index in [1.165, 1.54) is 0 Å². The van der Waals surface area contributed by atoms with Crippen molar-refractivity contribution in [2.24, 2.45) is 5.41 Å². The van der Waals surface area contributed by atoms with E-state index in [0.717, 1.165) is 18.7 Å². The Balaban J connectivity index is 1.76. The summed E-state index contributed by atoms with van der Waals surface area (Å²) >= 11 is 0. The highest BCUT2D eigenvalue weighted by molar-refractivity contribution is 5.38. The zero-order valence-corrected chi connectivity index (χ0v) is 14.3. The largest absolute Gasteiger partial charge is 0.378 e. The van der Waals surface area contributed by atoms with Gasteiger partial charge in [0.05, 0.1) is 11.8 Å². The second-order valence-corrected chi connectivity index (χ2v) is 6.95. The maximum atomic E-state index is 12.2. The molecule has 0 radical (unpaired) electrons. The van der Waals surface area contributed by atoms with Gasteiger partial charge in [0.2, 0.25) is 0 Å². The second-order valence-electron chi connectivity index (χ2n) is 6.95. The Kier molecular flexibility index (Phi) is 4.25. The maximum absolute atomic E-state index is 12.2. The molecule has 0 bridgehead atoms. The lowest BCUT2D eigenvalue weighted by atomic mass is 9.64. The van der Waals surface area contributed by atoms with Crippen molar-refractivity contribution in [2.45, 2.75) is 45.9 Å². The third kappa shape index (κ3) is 2.91. The molecule has 0 saturated heterocycles. The zero-order valence-electron chi connectivity index (χ0n) is 14.3. The smallest absolute Gasteiger partial charge is 0.258 e. The number of hydrogen-bond donors (Lipinski definition) is 0. The topological polar surface area (TPSA) is 46.8 Å². The minimum absolute atomic E-state index is 0.0286. The molecule has 0 spiro atoms. The molecule has 1 aliphatic rings. The molecule has 1 saturated carbocycles. The van der Waals surface area contributed by atoms with Crippen LogP contribution in [0, 0.1) is 5.41 Å². The van der Waals surface area contributed by atoms with Crippen LogP contribution in [-0.4, -0.2) is 40.1 Å². The van der Waals surface area contributed by atoms with Crippen molar-refractivity contribution >= 4 is 5.65 Å². The maximum Gasteiger partial charge on any atom is 0.258 e. The Morgan fingerprint density at radius 1 is 1.43 bits per heavy atom. The van der Waals surface area contributed by atoms with Crippen LogP contribution in [0.3, 0.4) is 0 Å². The minimum Gasteiger partial charge on any atom is -0.378 e. The molecule has 3 rings (SSSR count). The average Bonchev–Trinajstić information content (AvgIpc) is 2.51. The van der Waals surface area contributed by atoms with Gasteiger partial charge in [0.25, 0.3) is 5.56 Å². The summed E-state index contributed by atoms with van der Waals surface area (Å²) < 4.78 is 7.38. The molecular weight excluding hydrogens is 290 g/mol. The van der Waals surface area contributed by atoms with E-state index in [0.29, 0.717) is 24.3 Å². The van der Waals surface area contributed by atoms with Crippen molar-refractivity contribution in [3.63, 3.8) is 0 Å². The third-order valence-corrected chi connectivity index (χ3v) is 5.06. The van der Waals surface area contributed by atoms with Crippen LogP contribution in [0.5, 0.6) is 0 Å². The minimum atomic E-state index is -0.0286. The van der Waals surface area contributed by atoms with Crippen LogP contribution >= 0.6 is 0 Å². The van der Waals surface area contributed by atoms with Gasteiger partial charge in [0.1, 0.15) is 5.65 Å². The van der Waals surface area contributed by atoms with Gasteiger partial charge in [-0.3, -0.25) is 14.1 Å². The highest BCUT2D eigenvalue weighted by Gasteiger charge is 2.50. The molecule has 0 N–H and O–H groups in total. The second kappa shape index (κ2) is 6.06. The molecule has 23 heavy (non-hydrogen) atoms. The summed E-state index contributed by atoms with van der Waals surface area (Å²) in [6.45, 7) is 7.97. The Labute approximate surface area is 136 Å². The van der Waals surface area contributed by atoms with E-state index in [1.807, 2.05) is 25.1 Å². The summed E-state index contributed by atoms with van der Waals surface area (Å²) in [5, 5.41) is 0. The first-order chi connectivity index (χ1) is 10.9.